The lowest BCUT2D eigenvalue weighted by Gasteiger charge is -2.61. The molecule has 0 aromatic carbocycles. The molecule has 0 radical (unpaired) electrons. The van der Waals surface area contributed by atoms with Gasteiger partial charge in [-0.05, 0) is 103 Å². The maximum absolute atomic E-state index is 13.2. The molecule has 180 valence electrons. The maximum atomic E-state index is 13.2. The summed E-state index contributed by atoms with van der Waals surface area (Å²) in [4.78, 5) is 13.2. The number of carbonyl (C=O) groups is 1. The molecule has 4 aliphatic rings. The van der Waals surface area contributed by atoms with Crippen molar-refractivity contribution in [3.05, 3.63) is 6.33 Å². The number of aromatic nitrogens is 4. The van der Waals surface area contributed by atoms with Crippen LogP contribution < -0.4 is 0 Å². The van der Waals surface area contributed by atoms with E-state index in [-0.39, 0.29) is 35.7 Å². The van der Waals surface area contributed by atoms with E-state index in [4.69, 9.17) is 5.11 Å². The zero-order valence-electron chi connectivity index (χ0n) is 20.0. The molecule has 4 aliphatic carbocycles. The summed E-state index contributed by atoms with van der Waals surface area (Å²) in [5.74, 6) is 8.95. The van der Waals surface area contributed by atoms with E-state index in [0.29, 0.717) is 30.1 Å². The molecule has 8 atom stereocenters. The number of carbonyl (C=O) groups excluding carboxylic acids is 1. The highest BCUT2D eigenvalue weighted by Crippen LogP contribution is 2.68. The number of hydrogen-bond donors (Lipinski definition) is 2. The molecule has 1 aromatic heterocycles. The molecule has 0 spiro atoms. The average Bonchev–Trinajstić information content (AvgIpc) is 3.41. The van der Waals surface area contributed by atoms with Crippen LogP contribution in [-0.2, 0) is 11.3 Å². The van der Waals surface area contributed by atoms with Crippen LogP contribution in [0.2, 0.25) is 0 Å². The fourth-order valence-corrected chi connectivity index (χ4v) is 8.69. The molecule has 0 saturated heterocycles. The fraction of sp³-hybridized carbons (Fsp3) is 0.846. The molecular formula is C26H38N4O3. The third-order valence-corrected chi connectivity index (χ3v) is 10.4. The van der Waals surface area contributed by atoms with Crippen molar-refractivity contribution in [3.8, 4) is 11.8 Å². The van der Waals surface area contributed by atoms with Crippen molar-refractivity contribution in [1.29, 1.82) is 0 Å². The zero-order valence-corrected chi connectivity index (χ0v) is 20.0. The minimum absolute atomic E-state index is 0.0490. The Morgan fingerprint density at radius 3 is 2.67 bits per heavy atom. The molecule has 1 aromatic rings. The molecule has 1 heterocycles. The van der Waals surface area contributed by atoms with Gasteiger partial charge in [-0.1, -0.05) is 25.7 Å². The second-order valence-corrected chi connectivity index (χ2v) is 11.8. The van der Waals surface area contributed by atoms with Crippen molar-refractivity contribution in [1.82, 2.24) is 20.2 Å². The second kappa shape index (κ2) is 8.46. The summed E-state index contributed by atoms with van der Waals surface area (Å²) in [5, 5.41) is 31.4. The molecule has 0 aliphatic heterocycles. The summed E-state index contributed by atoms with van der Waals surface area (Å²) in [6.07, 6.45) is 11.3. The molecule has 4 fully saturated rings. The van der Waals surface area contributed by atoms with Crippen LogP contribution in [0.25, 0.3) is 0 Å². The topological polar surface area (TPSA) is 101 Å². The highest BCUT2D eigenvalue weighted by Gasteiger charge is 2.62. The van der Waals surface area contributed by atoms with Gasteiger partial charge in [0.05, 0.1) is 6.61 Å². The van der Waals surface area contributed by atoms with Gasteiger partial charge in [-0.3, -0.25) is 4.79 Å². The van der Waals surface area contributed by atoms with Gasteiger partial charge in [0.15, 0.2) is 5.78 Å². The Morgan fingerprint density at radius 1 is 1.09 bits per heavy atom. The predicted molar refractivity (Wildman–Crippen MR) is 122 cm³/mol. The number of rotatable bonds is 4. The zero-order chi connectivity index (χ0) is 23.3. The minimum atomic E-state index is -0.892. The highest BCUT2D eigenvalue weighted by atomic mass is 16.3. The van der Waals surface area contributed by atoms with Gasteiger partial charge in [0.1, 0.15) is 18.5 Å². The third-order valence-electron chi connectivity index (χ3n) is 10.4. The maximum Gasteiger partial charge on any atom is 0.158 e. The molecule has 0 amide bonds. The van der Waals surface area contributed by atoms with Gasteiger partial charge in [-0.25, -0.2) is 4.68 Å². The molecule has 7 heteroatoms. The number of fused-ring (bicyclic) bond motifs is 5. The van der Waals surface area contributed by atoms with Gasteiger partial charge in [0.2, 0.25) is 0 Å². The number of aliphatic hydroxyl groups excluding tert-OH is 1. The van der Waals surface area contributed by atoms with Crippen LogP contribution >= 0.6 is 0 Å². The number of tetrazole rings is 1. The molecular weight excluding hydrogens is 416 g/mol. The summed E-state index contributed by atoms with van der Waals surface area (Å²) < 4.78 is 1.56. The van der Waals surface area contributed by atoms with Gasteiger partial charge < -0.3 is 10.2 Å². The molecule has 33 heavy (non-hydrogen) atoms. The van der Waals surface area contributed by atoms with Crippen LogP contribution in [0.1, 0.15) is 78.1 Å². The van der Waals surface area contributed by atoms with E-state index in [2.05, 4.69) is 41.2 Å². The van der Waals surface area contributed by atoms with E-state index in [1.807, 2.05) is 0 Å². The van der Waals surface area contributed by atoms with E-state index in [9.17, 15) is 9.90 Å². The van der Waals surface area contributed by atoms with Gasteiger partial charge in [-0.15, -0.1) is 5.10 Å². The van der Waals surface area contributed by atoms with Crippen molar-refractivity contribution >= 4 is 5.78 Å². The first-order valence-electron chi connectivity index (χ1n) is 12.9. The van der Waals surface area contributed by atoms with E-state index in [1.54, 1.807) is 4.68 Å². The summed E-state index contributed by atoms with van der Waals surface area (Å²) in [5.41, 5.74) is -0.555. The summed E-state index contributed by atoms with van der Waals surface area (Å²) in [6.45, 7) is 5.19. The third kappa shape index (κ3) is 3.83. The van der Waals surface area contributed by atoms with Crippen LogP contribution in [-0.4, -0.2) is 48.4 Å². The van der Waals surface area contributed by atoms with Gasteiger partial charge >= 0.3 is 0 Å². The molecule has 0 bridgehead atoms. The lowest BCUT2D eigenvalue weighted by atomic mass is 9.44. The molecule has 4 unspecified atom stereocenters. The van der Waals surface area contributed by atoms with Crippen molar-refractivity contribution in [2.24, 2.45) is 40.4 Å². The Hall–Kier alpha value is -1.78. The van der Waals surface area contributed by atoms with Gasteiger partial charge in [-0.2, -0.15) is 0 Å². The largest absolute Gasteiger partial charge is 0.395 e. The van der Waals surface area contributed by atoms with Gasteiger partial charge in [0.25, 0.3) is 0 Å². The fourth-order valence-electron chi connectivity index (χ4n) is 8.69. The number of ketones is 1. The highest BCUT2D eigenvalue weighted by molar-refractivity contribution is 5.82. The Labute approximate surface area is 196 Å². The number of nitrogens with zero attached hydrogens (tertiary/aromatic N) is 4. The van der Waals surface area contributed by atoms with Crippen molar-refractivity contribution in [2.75, 3.05) is 6.61 Å². The first-order valence-corrected chi connectivity index (χ1v) is 12.9. The molecule has 2 N–H and O–H groups in total. The molecule has 5 rings (SSSR count). The quantitative estimate of drug-likeness (QED) is 0.678. The first kappa shape index (κ1) is 23.0. The SMILES string of the molecule is C[C@]12CCC3C(CC[C@@H]4C[C@@](O)(C#CCCO)CC[C@]34C)C1CCC2C(=O)Cn1cnnn1. The monoisotopic (exact) mass is 454 g/mol. The van der Waals surface area contributed by atoms with Crippen LogP contribution in [0.3, 0.4) is 0 Å². The first-order chi connectivity index (χ1) is 15.8. The number of Topliss-reactive ketones (excluding diaryl/α,β-unsaturated/α-hetero) is 1. The van der Waals surface area contributed by atoms with Crippen LogP contribution in [0.4, 0.5) is 0 Å². The van der Waals surface area contributed by atoms with E-state index in [1.165, 1.54) is 19.2 Å². The van der Waals surface area contributed by atoms with Crippen molar-refractivity contribution < 1.29 is 15.0 Å². The summed E-state index contributed by atoms with van der Waals surface area (Å²) >= 11 is 0. The Kier molecular flexibility index (Phi) is 5.89. The number of hydrogen-bond acceptors (Lipinski definition) is 6. The lowest BCUT2D eigenvalue weighted by molar-refractivity contribution is -0.145. The predicted octanol–water partition coefficient (Wildman–Crippen LogP) is 3.02. The van der Waals surface area contributed by atoms with Crippen molar-refractivity contribution in [3.63, 3.8) is 0 Å². The summed E-state index contributed by atoms with van der Waals surface area (Å²) in [6, 6.07) is 0. The summed E-state index contributed by atoms with van der Waals surface area (Å²) in [7, 11) is 0. The smallest absolute Gasteiger partial charge is 0.158 e. The molecule has 4 saturated carbocycles. The van der Waals surface area contributed by atoms with Crippen LogP contribution in [0.5, 0.6) is 0 Å². The minimum Gasteiger partial charge on any atom is -0.395 e. The van der Waals surface area contributed by atoms with Crippen molar-refractivity contribution in [2.45, 2.75) is 90.2 Å². The van der Waals surface area contributed by atoms with Crippen LogP contribution in [0, 0.1) is 52.3 Å². The lowest BCUT2D eigenvalue weighted by Crippen LogP contribution is -2.56. The Bertz CT molecular complexity index is 939. The standard InChI is InChI=1S/C26H38N4O3/c1-24-12-13-26(33,10-3-4-14-31)15-18(24)5-6-19-20-7-8-22(25(20,2)11-9-21(19)24)23(32)16-30-17-27-28-29-30/h17-22,31,33H,4-9,11-16H2,1-2H3/t18-,19?,20?,21?,22?,24+,25+,26-/m1/s1. The molecule has 7 nitrogen and oxygen atoms in total. The Morgan fingerprint density at radius 2 is 1.91 bits per heavy atom. The number of aliphatic hydroxyl groups is 2. The van der Waals surface area contributed by atoms with Gasteiger partial charge in [0, 0.05) is 12.3 Å². The van der Waals surface area contributed by atoms with Crippen LogP contribution in [0.15, 0.2) is 6.33 Å². The van der Waals surface area contributed by atoms with E-state index in [0.717, 1.165) is 44.9 Å². The van der Waals surface area contributed by atoms with E-state index < -0.39 is 5.60 Å². The average molecular weight is 455 g/mol. The Balaban J connectivity index is 1.31. The van der Waals surface area contributed by atoms with E-state index >= 15 is 0 Å². The second-order valence-electron chi connectivity index (χ2n) is 11.8. The normalized spacial score (nSPS) is 44.2.